The number of carbonyl (C=O) groups excluding carboxylic acids is 1. The Kier molecular flexibility index (Phi) is 11.5. The predicted molar refractivity (Wildman–Crippen MR) is 121 cm³/mol. The smallest absolute Gasteiger partial charge is 0.220 e. The summed E-state index contributed by atoms with van der Waals surface area (Å²) in [6.45, 7) is 4.71. The van der Waals surface area contributed by atoms with Crippen LogP contribution >= 0.6 is 35.6 Å². The topological polar surface area (TPSA) is 66.0 Å². The van der Waals surface area contributed by atoms with Crippen LogP contribution in [0.4, 0.5) is 0 Å². The fourth-order valence-corrected chi connectivity index (χ4v) is 2.48. The van der Waals surface area contributed by atoms with E-state index in [1.54, 1.807) is 0 Å². The maximum atomic E-state index is 11.7. The van der Waals surface area contributed by atoms with Crippen molar-refractivity contribution in [1.29, 1.82) is 0 Å². The average Bonchev–Trinajstić information content (AvgIpc) is 3.43. The zero-order valence-electron chi connectivity index (χ0n) is 16.0. The van der Waals surface area contributed by atoms with Crippen LogP contribution < -0.4 is 15.4 Å². The number of hydrogen-bond donors (Lipinski definition) is 2. The van der Waals surface area contributed by atoms with Crippen molar-refractivity contribution >= 4 is 47.4 Å². The first-order valence-electron chi connectivity index (χ1n) is 9.25. The highest BCUT2D eigenvalue weighted by Crippen LogP contribution is 2.18. The van der Waals surface area contributed by atoms with Crippen LogP contribution in [0.3, 0.4) is 0 Å². The van der Waals surface area contributed by atoms with Gasteiger partial charge in [-0.15, -0.1) is 24.0 Å². The fourth-order valence-electron chi connectivity index (χ4n) is 2.36. The van der Waals surface area contributed by atoms with E-state index in [2.05, 4.69) is 15.6 Å². The molecule has 0 atom stereocenters. The lowest BCUT2D eigenvalue weighted by Crippen LogP contribution is -2.41. The number of halogens is 2. The van der Waals surface area contributed by atoms with E-state index < -0.39 is 0 Å². The summed E-state index contributed by atoms with van der Waals surface area (Å²) in [5.74, 6) is 1.76. The molecule has 1 aromatic rings. The second kappa shape index (κ2) is 13.0. The molecule has 2 N–H and O–H groups in total. The summed E-state index contributed by atoms with van der Waals surface area (Å²) in [6.07, 6.45) is 3.53. The Hall–Kier alpha value is -1.22. The van der Waals surface area contributed by atoms with Gasteiger partial charge >= 0.3 is 0 Å². The first-order chi connectivity index (χ1) is 12.6. The monoisotopic (exact) mass is 508 g/mol. The Balaban J connectivity index is 0.00000364. The highest BCUT2D eigenvalue weighted by atomic mass is 127. The quantitative estimate of drug-likeness (QED) is 0.220. The number of likely N-dealkylation sites (N-methyl/N-ethyl adjacent to an activating group) is 1. The van der Waals surface area contributed by atoms with E-state index in [1.165, 1.54) is 0 Å². The highest BCUT2D eigenvalue weighted by molar-refractivity contribution is 14.0. The SMILES string of the molecule is CCNC(=NCCCC(=O)NC1CC1)N(C)CCOc1ccc(Cl)cc1.I. The second-order valence-corrected chi connectivity index (χ2v) is 6.84. The van der Waals surface area contributed by atoms with Gasteiger partial charge in [-0.25, -0.2) is 0 Å². The van der Waals surface area contributed by atoms with Crippen LogP contribution in [0.1, 0.15) is 32.6 Å². The number of aliphatic imine (C=N–C) groups is 1. The molecule has 0 heterocycles. The molecule has 0 bridgehead atoms. The molecule has 0 aromatic heterocycles. The van der Waals surface area contributed by atoms with E-state index in [4.69, 9.17) is 16.3 Å². The summed E-state index contributed by atoms with van der Waals surface area (Å²) in [5, 5.41) is 6.97. The molecule has 8 heteroatoms. The minimum atomic E-state index is 0. The van der Waals surface area contributed by atoms with Gasteiger partial charge in [0, 0.05) is 37.6 Å². The second-order valence-electron chi connectivity index (χ2n) is 6.40. The number of benzene rings is 1. The molecule has 1 aliphatic carbocycles. The van der Waals surface area contributed by atoms with Crippen LogP contribution in [0.2, 0.25) is 5.02 Å². The third-order valence-corrected chi connectivity index (χ3v) is 4.22. The number of rotatable bonds is 10. The van der Waals surface area contributed by atoms with Crippen molar-refractivity contribution in [2.24, 2.45) is 4.99 Å². The standard InChI is InChI=1S/C19H29ClN4O2.HI/c1-3-21-19(22-12-4-5-18(25)23-16-8-9-16)24(2)13-14-26-17-10-6-15(20)7-11-17;/h6-7,10-11,16H,3-5,8-9,12-14H2,1-2H3,(H,21,22)(H,23,25);1H. The van der Waals surface area contributed by atoms with Gasteiger partial charge in [0.2, 0.25) is 5.91 Å². The van der Waals surface area contributed by atoms with E-state index in [-0.39, 0.29) is 29.9 Å². The zero-order valence-corrected chi connectivity index (χ0v) is 19.1. The predicted octanol–water partition coefficient (Wildman–Crippen LogP) is 3.29. The summed E-state index contributed by atoms with van der Waals surface area (Å²) in [4.78, 5) is 18.3. The summed E-state index contributed by atoms with van der Waals surface area (Å²) < 4.78 is 5.72. The number of carbonyl (C=O) groups is 1. The first kappa shape index (κ1) is 23.8. The third-order valence-electron chi connectivity index (χ3n) is 3.97. The van der Waals surface area contributed by atoms with Gasteiger partial charge in [0.15, 0.2) is 5.96 Å². The molecule has 1 aromatic carbocycles. The van der Waals surface area contributed by atoms with E-state index in [0.29, 0.717) is 37.2 Å². The fraction of sp³-hybridized carbons (Fsp3) is 0.579. The summed E-state index contributed by atoms with van der Waals surface area (Å²) >= 11 is 5.87. The normalized spacial score (nSPS) is 13.5. The maximum Gasteiger partial charge on any atom is 0.220 e. The molecule has 0 radical (unpaired) electrons. The van der Waals surface area contributed by atoms with Crippen molar-refractivity contribution in [3.05, 3.63) is 29.3 Å². The number of amides is 1. The Morgan fingerprint density at radius 2 is 2.04 bits per heavy atom. The van der Waals surface area contributed by atoms with Crippen LogP contribution in [-0.4, -0.2) is 56.1 Å². The van der Waals surface area contributed by atoms with Gasteiger partial charge in [-0.1, -0.05) is 11.6 Å². The van der Waals surface area contributed by atoms with Gasteiger partial charge in [0.1, 0.15) is 12.4 Å². The third kappa shape index (κ3) is 10.0. The molecule has 0 spiro atoms. The number of ether oxygens (including phenoxy) is 1. The Labute approximate surface area is 184 Å². The van der Waals surface area contributed by atoms with Crippen LogP contribution in [0.25, 0.3) is 0 Å². The molecule has 1 amide bonds. The van der Waals surface area contributed by atoms with E-state index in [1.807, 2.05) is 43.1 Å². The molecule has 152 valence electrons. The van der Waals surface area contributed by atoms with Crippen molar-refractivity contribution in [2.75, 3.05) is 33.3 Å². The zero-order chi connectivity index (χ0) is 18.8. The largest absolute Gasteiger partial charge is 0.492 e. The van der Waals surface area contributed by atoms with Gasteiger partial charge in [0.25, 0.3) is 0 Å². The number of nitrogens with zero attached hydrogens (tertiary/aromatic N) is 2. The van der Waals surface area contributed by atoms with Crippen LogP contribution in [0, 0.1) is 0 Å². The molecule has 1 fully saturated rings. The Morgan fingerprint density at radius 1 is 1.33 bits per heavy atom. The van der Waals surface area contributed by atoms with Crippen molar-refractivity contribution in [1.82, 2.24) is 15.5 Å². The van der Waals surface area contributed by atoms with Crippen molar-refractivity contribution < 1.29 is 9.53 Å². The minimum Gasteiger partial charge on any atom is -0.492 e. The van der Waals surface area contributed by atoms with Gasteiger partial charge in [-0.2, -0.15) is 0 Å². The molecule has 27 heavy (non-hydrogen) atoms. The molecule has 0 aliphatic heterocycles. The molecule has 0 unspecified atom stereocenters. The lowest BCUT2D eigenvalue weighted by Gasteiger charge is -2.22. The number of guanidine groups is 1. The van der Waals surface area contributed by atoms with E-state index >= 15 is 0 Å². The van der Waals surface area contributed by atoms with Gasteiger partial charge in [0.05, 0.1) is 6.54 Å². The Bertz CT molecular complexity index is 594. The number of hydrogen-bond acceptors (Lipinski definition) is 3. The number of nitrogens with one attached hydrogen (secondary N) is 2. The highest BCUT2D eigenvalue weighted by Gasteiger charge is 2.22. The molecule has 1 saturated carbocycles. The van der Waals surface area contributed by atoms with Gasteiger partial charge < -0.3 is 20.3 Å². The van der Waals surface area contributed by atoms with Crippen LogP contribution in [0.15, 0.2) is 29.3 Å². The average molecular weight is 509 g/mol. The van der Waals surface area contributed by atoms with Crippen molar-refractivity contribution in [3.8, 4) is 5.75 Å². The lowest BCUT2D eigenvalue weighted by molar-refractivity contribution is -0.121. The summed E-state index contributed by atoms with van der Waals surface area (Å²) in [7, 11) is 1.98. The Morgan fingerprint density at radius 3 is 2.67 bits per heavy atom. The summed E-state index contributed by atoms with van der Waals surface area (Å²) in [6, 6.07) is 7.76. The van der Waals surface area contributed by atoms with Crippen LogP contribution in [-0.2, 0) is 4.79 Å². The maximum absolute atomic E-state index is 11.7. The first-order valence-corrected chi connectivity index (χ1v) is 9.63. The minimum absolute atomic E-state index is 0. The molecular weight excluding hydrogens is 479 g/mol. The molecule has 1 aliphatic rings. The lowest BCUT2D eigenvalue weighted by atomic mass is 10.3. The van der Waals surface area contributed by atoms with E-state index in [0.717, 1.165) is 37.5 Å². The van der Waals surface area contributed by atoms with Gasteiger partial charge in [-0.05, 0) is 50.5 Å². The van der Waals surface area contributed by atoms with Gasteiger partial charge in [-0.3, -0.25) is 9.79 Å². The molecular formula is C19H30ClIN4O2. The van der Waals surface area contributed by atoms with Crippen molar-refractivity contribution in [3.63, 3.8) is 0 Å². The van der Waals surface area contributed by atoms with Crippen molar-refractivity contribution in [2.45, 2.75) is 38.6 Å². The van der Waals surface area contributed by atoms with Crippen LogP contribution in [0.5, 0.6) is 5.75 Å². The summed E-state index contributed by atoms with van der Waals surface area (Å²) in [5.41, 5.74) is 0. The van der Waals surface area contributed by atoms with E-state index in [9.17, 15) is 4.79 Å². The molecule has 2 rings (SSSR count). The molecule has 6 nitrogen and oxygen atoms in total. The molecule has 0 saturated heterocycles.